The minimum absolute atomic E-state index is 0.733. The van der Waals surface area contributed by atoms with Gasteiger partial charge in [0.25, 0.3) is 0 Å². The van der Waals surface area contributed by atoms with Crippen molar-refractivity contribution in [2.75, 3.05) is 11.9 Å². The summed E-state index contributed by atoms with van der Waals surface area (Å²) in [6.07, 6.45) is 2.77. The third-order valence-electron chi connectivity index (χ3n) is 2.35. The van der Waals surface area contributed by atoms with E-state index in [0.717, 1.165) is 36.7 Å². The summed E-state index contributed by atoms with van der Waals surface area (Å²) in [4.78, 5) is 0. The number of rotatable bonds is 6. The summed E-state index contributed by atoms with van der Waals surface area (Å²) in [5.74, 6) is 0.904. The lowest BCUT2D eigenvalue weighted by Gasteiger charge is -2.08. The third kappa shape index (κ3) is 3.52. The first-order valence-corrected chi connectivity index (χ1v) is 5.83. The Morgan fingerprint density at radius 3 is 3.06 bits per heavy atom. The van der Waals surface area contributed by atoms with E-state index in [-0.39, 0.29) is 0 Å². The second kappa shape index (κ2) is 5.94. The number of nitrogens with one attached hydrogen (secondary N) is 2. The normalized spacial score (nSPS) is 10.2. The van der Waals surface area contributed by atoms with Crippen LogP contribution in [0.2, 0.25) is 0 Å². The van der Waals surface area contributed by atoms with Gasteiger partial charge < -0.3 is 10.1 Å². The highest BCUT2D eigenvalue weighted by Gasteiger charge is 1.97. The Balaban J connectivity index is 1.91. The maximum atomic E-state index is 5.57. The first kappa shape index (κ1) is 11.5. The zero-order chi connectivity index (χ0) is 11.9. The van der Waals surface area contributed by atoms with E-state index in [4.69, 9.17) is 4.74 Å². The Bertz CT molecular complexity index is 440. The van der Waals surface area contributed by atoms with Crippen molar-refractivity contribution in [2.24, 2.45) is 0 Å². The van der Waals surface area contributed by atoms with Crippen LogP contribution in [0.3, 0.4) is 0 Å². The summed E-state index contributed by atoms with van der Waals surface area (Å²) in [5, 5.41) is 10.1. The molecule has 0 radical (unpaired) electrons. The molecule has 2 aromatic rings. The van der Waals surface area contributed by atoms with Crippen LogP contribution in [0.15, 0.2) is 36.5 Å². The molecular weight excluding hydrogens is 214 g/mol. The molecule has 0 fully saturated rings. The van der Waals surface area contributed by atoms with E-state index in [2.05, 4.69) is 22.4 Å². The molecule has 0 saturated carbocycles. The van der Waals surface area contributed by atoms with Gasteiger partial charge >= 0.3 is 0 Å². The molecule has 0 saturated heterocycles. The Hall–Kier alpha value is -1.97. The maximum Gasteiger partial charge on any atom is 0.121 e. The highest BCUT2D eigenvalue weighted by atomic mass is 16.5. The van der Waals surface area contributed by atoms with E-state index in [0.29, 0.717) is 0 Å². The number of hydrogen-bond donors (Lipinski definition) is 2. The molecule has 0 atom stereocenters. The van der Waals surface area contributed by atoms with Gasteiger partial charge in [-0.1, -0.05) is 13.0 Å². The molecule has 17 heavy (non-hydrogen) atoms. The Morgan fingerprint density at radius 1 is 1.35 bits per heavy atom. The molecule has 1 aromatic carbocycles. The number of hydrogen-bond acceptors (Lipinski definition) is 3. The average Bonchev–Trinajstić information content (AvgIpc) is 2.87. The van der Waals surface area contributed by atoms with Crippen molar-refractivity contribution in [3.63, 3.8) is 0 Å². The van der Waals surface area contributed by atoms with Gasteiger partial charge in [-0.05, 0) is 24.6 Å². The van der Waals surface area contributed by atoms with E-state index in [1.54, 1.807) is 6.20 Å². The van der Waals surface area contributed by atoms with Crippen LogP contribution in [-0.4, -0.2) is 16.8 Å². The van der Waals surface area contributed by atoms with Gasteiger partial charge in [-0.15, -0.1) is 0 Å². The molecule has 0 bridgehead atoms. The molecule has 4 heteroatoms. The highest BCUT2D eigenvalue weighted by Crippen LogP contribution is 2.17. The minimum atomic E-state index is 0.733. The van der Waals surface area contributed by atoms with E-state index in [9.17, 15) is 0 Å². The Kier molecular flexibility index (Phi) is 4.02. The molecule has 0 aliphatic heterocycles. The monoisotopic (exact) mass is 231 g/mol. The molecular formula is C13H17N3O. The molecule has 0 aliphatic rings. The van der Waals surface area contributed by atoms with Gasteiger partial charge in [0, 0.05) is 18.0 Å². The second-order valence-corrected chi connectivity index (χ2v) is 3.81. The van der Waals surface area contributed by atoms with E-state index < -0.39 is 0 Å². The summed E-state index contributed by atoms with van der Waals surface area (Å²) < 4.78 is 5.57. The van der Waals surface area contributed by atoms with Gasteiger partial charge in [0.1, 0.15) is 5.75 Å². The van der Waals surface area contributed by atoms with Crippen LogP contribution in [0.1, 0.15) is 19.0 Å². The highest BCUT2D eigenvalue weighted by molar-refractivity contribution is 5.48. The van der Waals surface area contributed by atoms with Gasteiger partial charge in [-0.3, -0.25) is 5.10 Å². The van der Waals surface area contributed by atoms with Crippen LogP contribution in [-0.2, 0) is 6.54 Å². The molecule has 2 N–H and O–H groups in total. The molecule has 1 heterocycles. The summed E-state index contributed by atoms with van der Waals surface area (Å²) in [5.41, 5.74) is 2.11. The topological polar surface area (TPSA) is 49.9 Å². The van der Waals surface area contributed by atoms with E-state index in [1.165, 1.54) is 0 Å². The number of anilines is 1. The quantitative estimate of drug-likeness (QED) is 0.803. The van der Waals surface area contributed by atoms with Gasteiger partial charge in [0.2, 0.25) is 0 Å². The van der Waals surface area contributed by atoms with Crippen LogP contribution >= 0.6 is 0 Å². The van der Waals surface area contributed by atoms with Crippen LogP contribution in [0.4, 0.5) is 5.69 Å². The second-order valence-electron chi connectivity index (χ2n) is 3.81. The van der Waals surface area contributed by atoms with Crippen molar-refractivity contribution in [1.29, 1.82) is 0 Å². The van der Waals surface area contributed by atoms with Crippen molar-refractivity contribution >= 4 is 5.69 Å². The van der Waals surface area contributed by atoms with Crippen molar-refractivity contribution in [2.45, 2.75) is 19.9 Å². The Labute approximate surface area is 101 Å². The fraction of sp³-hybridized carbons (Fsp3) is 0.308. The number of ether oxygens (including phenoxy) is 1. The minimum Gasteiger partial charge on any atom is -0.494 e. The smallest absolute Gasteiger partial charge is 0.121 e. The third-order valence-corrected chi connectivity index (χ3v) is 2.35. The average molecular weight is 231 g/mol. The van der Waals surface area contributed by atoms with Gasteiger partial charge in [0.15, 0.2) is 0 Å². The van der Waals surface area contributed by atoms with Gasteiger partial charge in [-0.25, -0.2) is 0 Å². The maximum absolute atomic E-state index is 5.57. The first-order valence-electron chi connectivity index (χ1n) is 5.83. The Morgan fingerprint density at radius 2 is 2.29 bits per heavy atom. The van der Waals surface area contributed by atoms with Crippen LogP contribution < -0.4 is 10.1 Å². The summed E-state index contributed by atoms with van der Waals surface area (Å²) >= 11 is 0. The molecule has 0 amide bonds. The van der Waals surface area contributed by atoms with Crippen molar-refractivity contribution in [3.8, 4) is 5.75 Å². The van der Waals surface area contributed by atoms with Crippen LogP contribution in [0.5, 0.6) is 5.75 Å². The molecule has 0 unspecified atom stereocenters. The lowest BCUT2D eigenvalue weighted by molar-refractivity contribution is 0.317. The molecule has 4 nitrogen and oxygen atoms in total. The SMILES string of the molecule is CCCOc1cccc(NCc2ccn[nH]2)c1. The number of benzene rings is 1. The first-order chi connectivity index (χ1) is 8.38. The lowest BCUT2D eigenvalue weighted by atomic mass is 10.3. The fourth-order valence-corrected chi connectivity index (χ4v) is 1.50. The zero-order valence-corrected chi connectivity index (χ0v) is 9.94. The van der Waals surface area contributed by atoms with Crippen molar-refractivity contribution < 1.29 is 4.74 Å². The van der Waals surface area contributed by atoms with Crippen molar-refractivity contribution in [3.05, 3.63) is 42.2 Å². The van der Waals surface area contributed by atoms with Gasteiger partial charge in [0.05, 0.1) is 18.8 Å². The number of nitrogens with zero attached hydrogens (tertiary/aromatic N) is 1. The molecule has 90 valence electrons. The molecule has 1 aromatic heterocycles. The van der Waals surface area contributed by atoms with Gasteiger partial charge in [-0.2, -0.15) is 5.10 Å². The summed E-state index contributed by atoms with van der Waals surface area (Å²) in [6, 6.07) is 9.93. The van der Waals surface area contributed by atoms with E-state index >= 15 is 0 Å². The number of H-pyrrole nitrogens is 1. The molecule has 2 rings (SSSR count). The summed E-state index contributed by atoms with van der Waals surface area (Å²) in [6.45, 7) is 3.58. The summed E-state index contributed by atoms with van der Waals surface area (Å²) in [7, 11) is 0. The lowest BCUT2D eigenvalue weighted by Crippen LogP contribution is -2.00. The number of aromatic amines is 1. The van der Waals surface area contributed by atoms with E-state index in [1.807, 2.05) is 30.3 Å². The van der Waals surface area contributed by atoms with Crippen LogP contribution in [0, 0.1) is 0 Å². The predicted octanol–water partition coefficient (Wildman–Crippen LogP) is 2.81. The predicted molar refractivity (Wildman–Crippen MR) is 68.1 cm³/mol. The van der Waals surface area contributed by atoms with Crippen molar-refractivity contribution in [1.82, 2.24) is 10.2 Å². The van der Waals surface area contributed by atoms with Crippen LogP contribution in [0.25, 0.3) is 0 Å². The number of aromatic nitrogens is 2. The largest absolute Gasteiger partial charge is 0.494 e. The molecule has 0 aliphatic carbocycles. The fourth-order valence-electron chi connectivity index (χ4n) is 1.50. The zero-order valence-electron chi connectivity index (χ0n) is 9.94. The standard InChI is InChI=1S/C13H17N3O/c1-2-8-17-13-5-3-4-11(9-13)14-10-12-6-7-15-16-12/h3-7,9,14H,2,8,10H2,1H3,(H,15,16). The molecule has 0 spiro atoms.